The minimum absolute atomic E-state index is 0.210. The first-order chi connectivity index (χ1) is 8.72. The molecule has 3 rings (SSSR count). The Morgan fingerprint density at radius 3 is 2.67 bits per heavy atom. The van der Waals surface area contributed by atoms with Gasteiger partial charge in [0.2, 0.25) is 0 Å². The number of halogens is 2. The van der Waals surface area contributed by atoms with Crippen LogP contribution in [0, 0.1) is 9.39 Å². The smallest absolute Gasteiger partial charge is 0.123 e. The van der Waals surface area contributed by atoms with Crippen LogP contribution in [0.5, 0.6) is 0 Å². The molecule has 2 aromatic carbocycles. The van der Waals surface area contributed by atoms with Crippen molar-refractivity contribution in [3.63, 3.8) is 0 Å². The number of hydrogen-bond acceptors (Lipinski definition) is 1. The van der Waals surface area contributed by atoms with Gasteiger partial charge in [0.15, 0.2) is 0 Å². The van der Waals surface area contributed by atoms with Gasteiger partial charge in [-0.2, -0.15) is 5.10 Å². The fourth-order valence-electron chi connectivity index (χ4n) is 1.95. The molecule has 4 heteroatoms. The van der Waals surface area contributed by atoms with Crippen LogP contribution in [-0.4, -0.2) is 9.78 Å². The zero-order valence-electron chi connectivity index (χ0n) is 9.48. The number of fused-ring (bicyclic) bond motifs is 1. The molecule has 0 aliphatic heterocycles. The molecule has 1 aromatic heterocycles. The van der Waals surface area contributed by atoms with Crippen LogP contribution in [0.3, 0.4) is 0 Å². The predicted molar refractivity (Wildman–Crippen MR) is 78.0 cm³/mol. The lowest BCUT2D eigenvalue weighted by molar-refractivity contribution is 0.625. The van der Waals surface area contributed by atoms with E-state index < -0.39 is 0 Å². The molecule has 0 saturated heterocycles. The maximum absolute atomic E-state index is 12.8. The maximum atomic E-state index is 12.8. The first kappa shape index (κ1) is 11.6. The standard InChI is InChI=1S/C14H10FIN2/c15-12-3-1-10(2-4-12)9-18-14-6-5-13(16)7-11(14)8-17-18/h1-8H,9H2. The molecule has 0 N–H and O–H groups in total. The molecule has 0 radical (unpaired) electrons. The van der Waals surface area contributed by atoms with E-state index in [2.05, 4.69) is 45.9 Å². The summed E-state index contributed by atoms with van der Waals surface area (Å²) in [7, 11) is 0. The van der Waals surface area contributed by atoms with E-state index in [9.17, 15) is 4.39 Å². The minimum Gasteiger partial charge on any atom is -0.260 e. The normalized spacial score (nSPS) is 11.0. The lowest BCUT2D eigenvalue weighted by Gasteiger charge is -2.04. The molecule has 1 heterocycles. The van der Waals surface area contributed by atoms with Crippen molar-refractivity contribution in [1.82, 2.24) is 9.78 Å². The average Bonchev–Trinajstić information content (AvgIpc) is 2.74. The zero-order valence-corrected chi connectivity index (χ0v) is 11.6. The van der Waals surface area contributed by atoms with E-state index in [1.54, 1.807) is 12.1 Å². The third-order valence-corrected chi connectivity index (χ3v) is 3.52. The number of nitrogens with zero attached hydrogens (tertiary/aromatic N) is 2. The van der Waals surface area contributed by atoms with Gasteiger partial charge in [0.05, 0.1) is 18.3 Å². The van der Waals surface area contributed by atoms with Gasteiger partial charge in [-0.15, -0.1) is 0 Å². The van der Waals surface area contributed by atoms with Crippen molar-refractivity contribution >= 4 is 33.5 Å². The van der Waals surface area contributed by atoms with Crippen LogP contribution in [0.25, 0.3) is 10.9 Å². The highest BCUT2D eigenvalue weighted by Gasteiger charge is 2.03. The van der Waals surface area contributed by atoms with Crippen LogP contribution in [-0.2, 0) is 6.54 Å². The monoisotopic (exact) mass is 352 g/mol. The summed E-state index contributed by atoms with van der Waals surface area (Å²) >= 11 is 2.29. The summed E-state index contributed by atoms with van der Waals surface area (Å²) in [6.07, 6.45) is 1.86. The summed E-state index contributed by atoms with van der Waals surface area (Å²) in [5, 5.41) is 5.50. The minimum atomic E-state index is -0.210. The molecule has 0 fully saturated rings. The van der Waals surface area contributed by atoms with Crippen LogP contribution in [0.2, 0.25) is 0 Å². The van der Waals surface area contributed by atoms with Crippen LogP contribution < -0.4 is 0 Å². The topological polar surface area (TPSA) is 17.8 Å². The third kappa shape index (κ3) is 2.25. The second-order valence-electron chi connectivity index (χ2n) is 4.13. The second-order valence-corrected chi connectivity index (χ2v) is 5.38. The summed E-state index contributed by atoms with van der Waals surface area (Å²) in [5.41, 5.74) is 2.14. The summed E-state index contributed by atoms with van der Waals surface area (Å²) in [4.78, 5) is 0. The second kappa shape index (κ2) is 4.68. The molecule has 2 nitrogen and oxygen atoms in total. The molecule has 0 saturated carbocycles. The van der Waals surface area contributed by atoms with Gasteiger partial charge in [-0.05, 0) is 58.5 Å². The average molecular weight is 352 g/mol. The molecule has 3 aromatic rings. The molecule has 0 spiro atoms. The summed E-state index contributed by atoms with van der Waals surface area (Å²) in [6, 6.07) is 12.8. The highest BCUT2D eigenvalue weighted by Crippen LogP contribution is 2.18. The van der Waals surface area contributed by atoms with Gasteiger partial charge in [-0.25, -0.2) is 4.39 Å². The van der Waals surface area contributed by atoms with Gasteiger partial charge in [0, 0.05) is 8.96 Å². The molecule has 0 aliphatic rings. The fraction of sp³-hybridized carbons (Fsp3) is 0.0714. The molecular weight excluding hydrogens is 342 g/mol. The van der Waals surface area contributed by atoms with Gasteiger partial charge < -0.3 is 0 Å². The van der Waals surface area contributed by atoms with E-state index in [1.807, 2.05) is 10.9 Å². The van der Waals surface area contributed by atoms with E-state index >= 15 is 0 Å². The number of rotatable bonds is 2. The van der Waals surface area contributed by atoms with E-state index in [0.717, 1.165) is 16.5 Å². The molecule has 0 unspecified atom stereocenters. The Morgan fingerprint density at radius 1 is 1.11 bits per heavy atom. The number of benzene rings is 2. The largest absolute Gasteiger partial charge is 0.260 e. The number of hydrogen-bond donors (Lipinski definition) is 0. The van der Waals surface area contributed by atoms with Gasteiger partial charge in [0.1, 0.15) is 5.82 Å². The Hall–Kier alpha value is -1.43. The van der Waals surface area contributed by atoms with Gasteiger partial charge >= 0.3 is 0 Å². The summed E-state index contributed by atoms with van der Waals surface area (Å²) in [6.45, 7) is 0.657. The Morgan fingerprint density at radius 2 is 1.89 bits per heavy atom. The Balaban J connectivity index is 1.97. The van der Waals surface area contributed by atoms with E-state index in [-0.39, 0.29) is 5.82 Å². The maximum Gasteiger partial charge on any atom is 0.123 e. The lowest BCUT2D eigenvalue weighted by Crippen LogP contribution is -2.01. The molecule has 0 aliphatic carbocycles. The summed E-state index contributed by atoms with van der Waals surface area (Å²) < 4.78 is 16.0. The first-order valence-corrected chi connectivity index (χ1v) is 6.66. The highest BCUT2D eigenvalue weighted by molar-refractivity contribution is 14.1. The Labute approximate surface area is 118 Å². The van der Waals surface area contributed by atoms with Crippen molar-refractivity contribution in [2.24, 2.45) is 0 Å². The van der Waals surface area contributed by atoms with Crippen molar-refractivity contribution in [1.29, 1.82) is 0 Å². The van der Waals surface area contributed by atoms with E-state index in [1.165, 1.54) is 15.7 Å². The van der Waals surface area contributed by atoms with Gasteiger partial charge in [0.25, 0.3) is 0 Å². The van der Waals surface area contributed by atoms with Crippen molar-refractivity contribution < 1.29 is 4.39 Å². The van der Waals surface area contributed by atoms with E-state index in [0.29, 0.717) is 6.54 Å². The first-order valence-electron chi connectivity index (χ1n) is 5.58. The van der Waals surface area contributed by atoms with Crippen molar-refractivity contribution in [2.75, 3.05) is 0 Å². The quantitative estimate of drug-likeness (QED) is 0.641. The Bertz CT molecular complexity index is 689. The van der Waals surface area contributed by atoms with Crippen molar-refractivity contribution in [3.8, 4) is 0 Å². The number of aromatic nitrogens is 2. The van der Waals surface area contributed by atoms with Crippen LogP contribution in [0.15, 0.2) is 48.7 Å². The van der Waals surface area contributed by atoms with E-state index in [4.69, 9.17) is 0 Å². The lowest BCUT2D eigenvalue weighted by atomic mass is 10.2. The molecule has 18 heavy (non-hydrogen) atoms. The molecule has 0 amide bonds. The molecular formula is C14H10FIN2. The Kier molecular flexibility index (Phi) is 3.03. The van der Waals surface area contributed by atoms with Crippen molar-refractivity contribution in [2.45, 2.75) is 6.54 Å². The fourth-order valence-corrected chi connectivity index (χ4v) is 2.46. The predicted octanol–water partition coefficient (Wildman–Crippen LogP) is 3.83. The SMILES string of the molecule is Fc1ccc(Cn2ncc3cc(I)ccc32)cc1. The van der Waals surface area contributed by atoms with Crippen LogP contribution in [0.4, 0.5) is 4.39 Å². The van der Waals surface area contributed by atoms with Crippen LogP contribution >= 0.6 is 22.6 Å². The van der Waals surface area contributed by atoms with Gasteiger partial charge in [-0.1, -0.05) is 12.1 Å². The van der Waals surface area contributed by atoms with Crippen LogP contribution in [0.1, 0.15) is 5.56 Å². The molecule has 0 atom stereocenters. The summed E-state index contributed by atoms with van der Waals surface area (Å²) in [5.74, 6) is -0.210. The highest BCUT2D eigenvalue weighted by atomic mass is 127. The molecule has 0 bridgehead atoms. The van der Waals surface area contributed by atoms with Crippen molar-refractivity contribution in [3.05, 3.63) is 63.6 Å². The van der Waals surface area contributed by atoms with Gasteiger partial charge in [-0.3, -0.25) is 4.68 Å². The molecule has 90 valence electrons. The third-order valence-electron chi connectivity index (χ3n) is 2.85. The zero-order chi connectivity index (χ0) is 12.5.